The average Bonchev–Trinajstić information content (AvgIpc) is 2.15. The lowest BCUT2D eigenvalue weighted by atomic mass is 10.2. The maximum Gasteiger partial charge on any atom is 0.119 e. The van der Waals surface area contributed by atoms with Crippen molar-refractivity contribution >= 4 is 6.08 Å². The second kappa shape index (κ2) is 4.57. The number of hydrogen-bond donors (Lipinski definition) is 1. The molecule has 0 aliphatic rings. The van der Waals surface area contributed by atoms with Crippen molar-refractivity contribution in [2.75, 3.05) is 13.7 Å². The van der Waals surface area contributed by atoms with Crippen molar-refractivity contribution in [3.8, 4) is 5.75 Å². The quantitative estimate of drug-likeness (QED) is 0.735. The van der Waals surface area contributed by atoms with E-state index < -0.39 is 0 Å². The molecule has 0 amide bonds. The first-order chi connectivity index (χ1) is 5.86. The SMILES string of the molecule is COc1cccc(/C=C/CN)c1. The highest BCUT2D eigenvalue weighted by Crippen LogP contribution is 2.13. The van der Waals surface area contributed by atoms with E-state index in [9.17, 15) is 0 Å². The molecule has 0 atom stereocenters. The first kappa shape index (κ1) is 8.81. The van der Waals surface area contributed by atoms with Crippen molar-refractivity contribution in [3.05, 3.63) is 35.9 Å². The van der Waals surface area contributed by atoms with Crippen molar-refractivity contribution in [2.45, 2.75) is 0 Å². The minimum absolute atomic E-state index is 0.567. The minimum Gasteiger partial charge on any atom is -0.497 e. The number of ether oxygens (including phenoxy) is 1. The molecule has 0 radical (unpaired) electrons. The summed E-state index contributed by atoms with van der Waals surface area (Å²) in [6.07, 6.45) is 3.89. The van der Waals surface area contributed by atoms with Gasteiger partial charge in [0.1, 0.15) is 5.75 Å². The van der Waals surface area contributed by atoms with Gasteiger partial charge in [-0.05, 0) is 17.7 Å². The fraction of sp³-hybridized carbons (Fsp3) is 0.200. The zero-order valence-corrected chi connectivity index (χ0v) is 7.16. The lowest BCUT2D eigenvalue weighted by Crippen LogP contribution is -1.91. The van der Waals surface area contributed by atoms with Gasteiger partial charge in [-0.1, -0.05) is 24.3 Å². The summed E-state index contributed by atoms with van der Waals surface area (Å²) in [6.45, 7) is 0.567. The number of methoxy groups -OCH3 is 1. The van der Waals surface area contributed by atoms with Crippen LogP contribution in [0.25, 0.3) is 6.08 Å². The first-order valence-corrected chi connectivity index (χ1v) is 3.87. The Balaban J connectivity index is 2.79. The number of benzene rings is 1. The van der Waals surface area contributed by atoms with Crippen LogP contribution >= 0.6 is 0 Å². The van der Waals surface area contributed by atoms with Gasteiger partial charge in [-0.2, -0.15) is 0 Å². The second-order valence-electron chi connectivity index (χ2n) is 2.41. The van der Waals surface area contributed by atoms with E-state index in [-0.39, 0.29) is 0 Å². The van der Waals surface area contributed by atoms with Crippen molar-refractivity contribution in [1.82, 2.24) is 0 Å². The second-order valence-corrected chi connectivity index (χ2v) is 2.41. The van der Waals surface area contributed by atoms with E-state index >= 15 is 0 Å². The average molecular weight is 163 g/mol. The Morgan fingerprint density at radius 3 is 3.00 bits per heavy atom. The Labute approximate surface area is 72.7 Å². The van der Waals surface area contributed by atoms with Crippen LogP contribution in [0.2, 0.25) is 0 Å². The van der Waals surface area contributed by atoms with E-state index in [2.05, 4.69) is 0 Å². The molecule has 0 bridgehead atoms. The summed E-state index contributed by atoms with van der Waals surface area (Å²) < 4.78 is 5.07. The maximum atomic E-state index is 5.33. The smallest absolute Gasteiger partial charge is 0.119 e. The Bertz CT molecular complexity index is 268. The molecule has 1 aromatic carbocycles. The fourth-order valence-electron chi connectivity index (χ4n) is 0.949. The summed E-state index contributed by atoms with van der Waals surface area (Å²) in [7, 11) is 1.66. The van der Waals surface area contributed by atoms with Crippen molar-refractivity contribution in [1.29, 1.82) is 0 Å². The summed E-state index contributed by atoms with van der Waals surface area (Å²) in [4.78, 5) is 0. The molecule has 0 heterocycles. The molecule has 0 aromatic heterocycles. The Morgan fingerprint density at radius 2 is 2.33 bits per heavy atom. The molecule has 1 aromatic rings. The van der Waals surface area contributed by atoms with Crippen LogP contribution < -0.4 is 10.5 Å². The van der Waals surface area contributed by atoms with Crippen molar-refractivity contribution in [2.24, 2.45) is 5.73 Å². The summed E-state index contributed by atoms with van der Waals surface area (Å²) in [5, 5.41) is 0. The van der Waals surface area contributed by atoms with Gasteiger partial charge in [-0.15, -0.1) is 0 Å². The molecule has 0 unspecified atom stereocenters. The summed E-state index contributed by atoms with van der Waals surface area (Å²) in [5.74, 6) is 0.870. The molecule has 0 aliphatic heterocycles. The van der Waals surface area contributed by atoms with E-state index in [4.69, 9.17) is 10.5 Å². The number of hydrogen-bond acceptors (Lipinski definition) is 2. The first-order valence-electron chi connectivity index (χ1n) is 3.87. The third kappa shape index (κ3) is 2.40. The molecule has 2 heteroatoms. The molecule has 0 fully saturated rings. The highest BCUT2D eigenvalue weighted by Gasteiger charge is 1.89. The molecule has 0 aliphatic carbocycles. The van der Waals surface area contributed by atoms with Gasteiger partial charge in [-0.25, -0.2) is 0 Å². The van der Waals surface area contributed by atoms with E-state index in [0.29, 0.717) is 6.54 Å². The van der Waals surface area contributed by atoms with Crippen LogP contribution in [0.5, 0.6) is 5.75 Å². The molecule has 64 valence electrons. The van der Waals surface area contributed by atoms with Crippen LogP contribution in [-0.4, -0.2) is 13.7 Å². The topological polar surface area (TPSA) is 35.2 Å². The van der Waals surface area contributed by atoms with Crippen LogP contribution in [0.4, 0.5) is 0 Å². The predicted molar refractivity (Wildman–Crippen MR) is 51.1 cm³/mol. The largest absolute Gasteiger partial charge is 0.497 e. The van der Waals surface area contributed by atoms with Crippen LogP contribution in [-0.2, 0) is 0 Å². The van der Waals surface area contributed by atoms with Gasteiger partial charge in [0.05, 0.1) is 7.11 Å². The zero-order valence-electron chi connectivity index (χ0n) is 7.16. The standard InChI is InChI=1S/C10H13NO/c1-12-10-6-2-4-9(8-10)5-3-7-11/h2-6,8H,7,11H2,1H3/b5-3+. The minimum atomic E-state index is 0.567. The van der Waals surface area contributed by atoms with E-state index in [0.717, 1.165) is 11.3 Å². The molecule has 2 N–H and O–H groups in total. The molecule has 0 saturated heterocycles. The molecule has 12 heavy (non-hydrogen) atoms. The Kier molecular flexibility index (Phi) is 3.35. The molecule has 0 saturated carbocycles. The van der Waals surface area contributed by atoms with Crippen molar-refractivity contribution in [3.63, 3.8) is 0 Å². The van der Waals surface area contributed by atoms with Gasteiger partial charge in [0, 0.05) is 6.54 Å². The zero-order chi connectivity index (χ0) is 8.81. The lowest BCUT2D eigenvalue weighted by Gasteiger charge is -1.99. The van der Waals surface area contributed by atoms with Crippen LogP contribution in [0, 0.1) is 0 Å². The van der Waals surface area contributed by atoms with Crippen molar-refractivity contribution < 1.29 is 4.74 Å². The molecular formula is C10H13NO. The van der Waals surface area contributed by atoms with Gasteiger partial charge < -0.3 is 10.5 Å². The van der Waals surface area contributed by atoms with E-state index in [1.807, 2.05) is 36.4 Å². The molecular weight excluding hydrogens is 150 g/mol. The third-order valence-corrected chi connectivity index (χ3v) is 1.54. The van der Waals surface area contributed by atoms with Gasteiger partial charge in [-0.3, -0.25) is 0 Å². The molecule has 0 spiro atoms. The normalized spacial score (nSPS) is 10.5. The Hall–Kier alpha value is -1.28. The summed E-state index contributed by atoms with van der Waals surface area (Å²) in [6, 6.07) is 7.84. The highest BCUT2D eigenvalue weighted by molar-refractivity contribution is 5.51. The van der Waals surface area contributed by atoms with Gasteiger partial charge >= 0.3 is 0 Å². The van der Waals surface area contributed by atoms with E-state index in [1.165, 1.54) is 0 Å². The number of nitrogens with two attached hydrogens (primary N) is 1. The highest BCUT2D eigenvalue weighted by atomic mass is 16.5. The third-order valence-electron chi connectivity index (χ3n) is 1.54. The monoisotopic (exact) mass is 163 g/mol. The lowest BCUT2D eigenvalue weighted by molar-refractivity contribution is 0.414. The van der Waals surface area contributed by atoms with Gasteiger partial charge in [0.25, 0.3) is 0 Å². The summed E-state index contributed by atoms with van der Waals surface area (Å²) in [5.41, 5.74) is 6.44. The summed E-state index contributed by atoms with van der Waals surface area (Å²) >= 11 is 0. The predicted octanol–water partition coefficient (Wildman–Crippen LogP) is 1.67. The number of rotatable bonds is 3. The molecule has 2 nitrogen and oxygen atoms in total. The fourth-order valence-corrected chi connectivity index (χ4v) is 0.949. The molecule has 1 rings (SSSR count). The van der Waals surface area contributed by atoms with E-state index in [1.54, 1.807) is 7.11 Å². The van der Waals surface area contributed by atoms with Crippen LogP contribution in [0.15, 0.2) is 30.3 Å². The van der Waals surface area contributed by atoms with Crippen LogP contribution in [0.3, 0.4) is 0 Å². The Morgan fingerprint density at radius 1 is 1.50 bits per heavy atom. The van der Waals surface area contributed by atoms with Gasteiger partial charge in [0.15, 0.2) is 0 Å². The van der Waals surface area contributed by atoms with Crippen LogP contribution in [0.1, 0.15) is 5.56 Å². The maximum absolute atomic E-state index is 5.33. The van der Waals surface area contributed by atoms with Gasteiger partial charge in [0.2, 0.25) is 0 Å².